The zero-order chi connectivity index (χ0) is 34.1. The highest BCUT2D eigenvalue weighted by molar-refractivity contribution is 6.14. The molecule has 1 aliphatic rings. The van der Waals surface area contributed by atoms with Gasteiger partial charge in [-0.3, -0.25) is 0 Å². The van der Waals surface area contributed by atoms with Crippen molar-refractivity contribution in [2.75, 3.05) is 0 Å². The van der Waals surface area contributed by atoms with E-state index in [0.717, 1.165) is 0 Å². The number of hydrogen-bond donors (Lipinski definition) is 0. The molecule has 0 aromatic heterocycles. The summed E-state index contributed by atoms with van der Waals surface area (Å²) in [7, 11) is 0. The first-order valence-electron chi connectivity index (χ1n) is 17.9. The van der Waals surface area contributed by atoms with Crippen LogP contribution in [0.25, 0.3) is 88.0 Å². The highest BCUT2D eigenvalue weighted by Crippen LogP contribution is 2.51. The average molecular weight is 649 g/mol. The summed E-state index contributed by atoms with van der Waals surface area (Å²) in [5.74, 6) is 0. The minimum Gasteiger partial charge on any atom is -0.0622 e. The van der Waals surface area contributed by atoms with E-state index in [1.165, 1.54) is 99.1 Å². The molecule has 0 heteroatoms. The largest absolute Gasteiger partial charge is 0.0622 e. The molecule has 0 amide bonds. The maximum absolute atomic E-state index is 2.46. The van der Waals surface area contributed by atoms with Crippen LogP contribution in [0.2, 0.25) is 0 Å². The quantitative estimate of drug-likeness (QED) is 0.167. The van der Waals surface area contributed by atoms with Crippen molar-refractivity contribution in [3.05, 3.63) is 193 Å². The van der Waals surface area contributed by atoms with Crippen molar-refractivity contribution in [1.29, 1.82) is 0 Å². The molecule has 51 heavy (non-hydrogen) atoms. The molecular weight excluding hydrogens is 613 g/mol. The van der Waals surface area contributed by atoms with E-state index in [9.17, 15) is 0 Å². The molecule has 0 N–H and O–H groups in total. The Balaban J connectivity index is 1.13. The second kappa shape index (κ2) is 11.4. The van der Waals surface area contributed by atoms with Crippen LogP contribution in [0.3, 0.4) is 0 Å². The fourth-order valence-electron chi connectivity index (χ4n) is 8.60. The van der Waals surface area contributed by atoms with Crippen LogP contribution in [0.15, 0.2) is 182 Å². The van der Waals surface area contributed by atoms with Gasteiger partial charge < -0.3 is 0 Å². The summed E-state index contributed by atoms with van der Waals surface area (Å²) in [5, 5.41) is 7.69. The molecule has 9 aromatic rings. The molecule has 0 saturated heterocycles. The Kier molecular flexibility index (Phi) is 6.63. The Bertz CT molecular complexity index is 2810. The van der Waals surface area contributed by atoms with Gasteiger partial charge in [-0.15, -0.1) is 0 Å². The van der Waals surface area contributed by atoms with Crippen LogP contribution >= 0.6 is 0 Å². The van der Waals surface area contributed by atoms with Crippen LogP contribution in [0.5, 0.6) is 0 Å². The summed E-state index contributed by atoms with van der Waals surface area (Å²) >= 11 is 0. The van der Waals surface area contributed by atoms with Gasteiger partial charge in [-0.05, 0) is 135 Å². The van der Waals surface area contributed by atoms with Crippen molar-refractivity contribution < 1.29 is 0 Å². The third kappa shape index (κ3) is 4.75. The molecule has 0 atom stereocenters. The molecule has 0 saturated carbocycles. The first-order chi connectivity index (χ1) is 25.0. The topological polar surface area (TPSA) is 0 Å². The van der Waals surface area contributed by atoms with E-state index in [1.54, 1.807) is 0 Å². The van der Waals surface area contributed by atoms with E-state index in [2.05, 4.69) is 196 Å². The molecule has 0 bridgehead atoms. The van der Waals surface area contributed by atoms with Crippen LogP contribution in [-0.4, -0.2) is 0 Å². The summed E-state index contributed by atoms with van der Waals surface area (Å²) in [4.78, 5) is 0. The van der Waals surface area contributed by atoms with Crippen LogP contribution in [0.4, 0.5) is 0 Å². The first kappa shape index (κ1) is 29.7. The molecule has 0 nitrogen and oxygen atoms in total. The normalized spacial score (nSPS) is 13.1. The third-order valence-electron chi connectivity index (χ3n) is 11.2. The van der Waals surface area contributed by atoms with Crippen LogP contribution < -0.4 is 0 Å². The summed E-state index contributed by atoms with van der Waals surface area (Å²) in [5.41, 5.74) is 15.3. The van der Waals surface area contributed by atoms with Crippen molar-refractivity contribution in [3.63, 3.8) is 0 Å². The Hall–Kier alpha value is -6.24. The highest BCUT2D eigenvalue weighted by Gasteiger charge is 2.36. The molecule has 240 valence electrons. The lowest BCUT2D eigenvalue weighted by molar-refractivity contribution is 0.661. The second-order valence-corrected chi connectivity index (χ2v) is 14.5. The van der Waals surface area contributed by atoms with Gasteiger partial charge in [0.05, 0.1) is 0 Å². The van der Waals surface area contributed by atoms with Crippen molar-refractivity contribution in [1.82, 2.24) is 0 Å². The van der Waals surface area contributed by atoms with Crippen LogP contribution in [0, 0.1) is 0 Å². The predicted molar refractivity (Wildman–Crippen MR) is 218 cm³/mol. The summed E-state index contributed by atoms with van der Waals surface area (Å²) in [6.07, 6.45) is 0. The smallest absolute Gasteiger partial charge is 0.0159 e. The molecule has 0 spiro atoms. The zero-order valence-corrected chi connectivity index (χ0v) is 28.8. The van der Waals surface area contributed by atoms with Gasteiger partial charge in [-0.2, -0.15) is 0 Å². The van der Waals surface area contributed by atoms with Gasteiger partial charge in [0.15, 0.2) is 0 Å². The van der Waals surface area contributed by atoms with Crippen LogP contribution in [0.1, 0.15) is 25.0 Å². The zero-order valence-electron chi connectivity index (χ0n) is 28.8. The van der Waals surface area contributed by atoms with E-state index in [1.807, 2.05) is 0 Å². The molecule has 0 fully saturated rings. The minimum absolute atomic E-state index is 0.143. The van der Waals surface area contributed by atoms with Gasteiger partial charge in [-0.1, -0.05) is 159 Å². The van der Waals surface area contributed by atoms with Gasteiger partial charge in [0.25, 0.3) is 0 Å². The molecule has 0 unspecified atom stereocenters. The van der Waals surface area contributed by atoms with Crippen molar-refractivity contribution in [2.24, 2.45) is 0 Å². The first-order valence-corrected chi connectivity index (χ1v) is 17.9. The van der Waals surface area contributed by atoms with E-state index in [0.29, 0.717) is 0 Å². The van der Waals surface area contributed by atoms with E-state index >= 15 is 0 Å². The molecule has 10 rings (SSSR count). The van der Waals surface area contributed by atoms with Gasteiger partial charge in [0, 0.05) is 5.41 Å². The monoisotopic (exact) mass is 648 g/mol. The van der Waals surface area contributed by atoms with E-state index < -0.39 is 0 Å². The number of rotatable bonds is 4. The average Bonchev–Trinajstić information content (AvgIpc) is 3.42. The molecular formula is C51H36. The van der Waals surface area contributed by atoms with Gasteiger partial charge in [-0.25, -0.2) is 0 Å². The number of fused-ring (bicyclic) bond motifs is 7. The number of hydrogen-bond acceptors (Lipinski definition) is 0. The molecule has 1 aliphatic carbocycles. The van der Waals surface area contributed by atoms with Gasteiger partial charge in [0.2, 0.25) is 0 Å². The third-order valence-corrected chi connectivity index (χ3v) is 11.2. The highest BCUT2D eigenvalue weighted by atomic mass is 14.4. The maximum Gasteiger partial charge on any atom is 0.0159 e. The second-order valence-electron chi connectivity index (χ2n) is 14.5. The SMILES string of the molecule is CC1(C)c2cc(-c3cc(-c4ccccc4)cc(-c4cc5ccccc5c5ccccc45)c3)ccc2-c2ccc(-c3cccc4ccccc34)cc21. The predicted octanol–water partition coefficient (Wildman–Crippen LogP) is 14.1. The fraction of sp³-hybridized carbons (Fsp3) is 0.0588. The molecule has 0 heterocycles. The lowest BCUT2D eigenvalue weighted by atomic mass is 9.80. The molecule has 9 aromatic carbocycles. The lowest BCUT2D eigenvalue weighted by Crippen LogP contribution is -2.15. The van der Waals surface area contributed by atoms with Gasteiger partial charge >= 0.3 is 0 Å². The van der Waals surface area contributed by atoms with E-state index in [4.69, 9.17) is 0 Å². The standard InChI is InChI=1S/C51H36/c1-51(2)49-31-35(23-25-46(49)47-26-24-37(32-50(47)51)42-22-12-17-34-15-6-8-18-41(34)42)39-27-38(33-13-4-3-5-14-33)28-40(29-39)48-30-36-16-7-9-19-43(36)44-20-10-11-21-45(44)48/h3-32H,1-2H3. The Morgan fingerprint density at radius 3 is 1.59 bits per heavy atom. The van der Waals surface area contributed by atoms with Crippen molar-refractivity contribution >= 4 is 32.3 Å². The van der Waals surface area contributed by atoms with Crippen molar-refractivity contribution in [3.8, 4) is 55.6 Å². The minimum atomic E-state index is -0.143. The van der Waals surface area contributed by atoms with E-state index in [-0.39, 0.29) is 5.41 Å². The Morgan fingerprint density at radius 1 is 0.275 bits per heavy atom. The van der Waals surface area contributed by atoms with Crippen molar-refractivity contribution in [2.45, 2.75) is 19.3 Å². The Labute approximate surface area is 299 Å². The molecule has 0 radical (unpaired) electrons. The maximum atomic E-state index is 2.46. The molecule has 0 aliphatic heterocycles. The lowest BCUT2D eigenvalue weighted by Gasteiger charge is -2.23. The summed E-state index contributed by atoms with van der Waals surface area (Å²) < 4.78 is 0. The number of benzene rings is 9. The summed E-state index contributed by atoms with van der Waals surface area (Å²) in [6.45, 7) is 4.78. The Morgan fingerprint density at radius 2 is 0.824 bits per heavy atom. The summed E-state index contributed by atoms with van der Waals surface area (Å²) in [6, 6.07) is 67.5. The van der Waals surface area contributed by atoms with Crippen LogP contribution in [-0.2, 0) is 5.41 Å². The fourth-order valence-corrected chi connectivity index (χ4v) is 8.60. The van der Waals surface area contributed by atoms with Gasteiger partial charge in [0.1, 0.15) is 0 Å².